The van der Waals surface area contributed by atoms with Crippen LogP contribution in [-0.2, 0) is 38.8 Å². The van der Waals surface area contributed by atoms with Crippen molar-refractivity contribution in [2.45, 2.75) is 45.0 Å². The van der Waals surface area contributed by atoms with Gasteiger partial charge >= 0.3 is 0 Å². The Morgan fingerprint density at radius 3 is 1.82 bits per heavy atom. The number of rotatable bonds is 10. The highest BCUT2D eigenvalue weighted by Crippen LogP contribution is 2.21. The highest BCUT2D eigenvalue weighted by atomic mass is 16.6. The van der Waals surface area contributed by atoms with Crippen molar-refractivity contribution < 1.29 is 19.0 Å². The molecule has 6 nitrogen and oxygen atoms in total. The average molecular weight is 462 g/mol. The molecule has 0 aromatic heterocycles. The monoisotopic (exact) mass is 461 g/mol. The zero-order valence-corrected chi connectivity index (χ0v) is 19.5. The molecule has 0 unspecified atom stereocenters. The number of hydrogen-bond donors (Lipinski definition) is 1. The fourth-order valence-electron chi connectivity index (χ4n) is 4.01. The smallest absolute Gasteiger partial charge is 0.233 e. The molecule has 1 aliphatic heterocycles. The summed E-state index contributed by atoms with van der Waals surface area (Å²) in [6.45, 7) is 3.71. The number of hydrazine groups is 1. The lowest BCUT2D eigenvalue weighted by atomic mass is 10.0. The molecule has 4 rings (SSSR count). The summed E-state index contributed by atoms with van der Waals surface area (Å²) in [4.78, 5) is 12.3. The summed E-state index contributed by atoms with van der Waals surface area (Å²) in [5, 5.41) is 1.61. The quantitative estimate of drug-likeness (QED) is 0.461. The van der Waals surface area contributed by atoms with Crippen molar-refractivity contribution in [2.24, 2.45) is 0 Å². The Hall–Kier alpha value is -3.03. The molecule has 178 valence electrons. The third-order valence-corrected chi connectivity index (χ3v) is 5.83. The van der Waals surface area contributed by atoms with Crippen molar-refractivity contribution in [1.82, 2.24) is 10.4 Å². The lowest BCUT2D eigenvalue weighted by Crippen LogP contribution is -2.66. The zero-order chi connectivity index (χ0) is 23.6. The van der Waals surface area contributed by atoms with Crippen LogP contribution in [0.15, 0.2) is 91.0 Å². The molecule has 1 saturated heterocycles. The van der Waals surface area contributed by atoms with Crippen LogP contribution in [0.1, 0.15) is 23.6 Å². The molecule has 0 bridgehead atoms. The molecule has 0 spiro atoms. The van der Waals surface area contributed by atoms with Gasteiger partial charge in [0.2, 0.25) is 5.91 Å². The van der Waals surface area contributed by atoms with Gasteiger partial charge in [0, 0.05) is 6.92 Å². The van der Waals surface area contributed by atoms with Gasteiger partial charge in [-0.1, -0.05) is 91.0 Å². The minimum atomic E-state index is -0.306. The first-order valence-electron chi connectivity index (χ1n) is 11.7. The van der Waals surface area contributed by atoms with Crippen LogP contribution in [-0.4, -0.2) is 42.3 Å². The minimum absolute atomic E-state index is 0.0668. The van der Waals surface area contributed by atoms with Crippen LogP contribution < -0.4 is 5.43 Å². The van der Waals surface area contributed by atoms with Gasteiger partial charge < -0.3 is 14.2 Å². The van der Waals surface area contributed by atoms with E-state index in [-0.39, 0.29) is 24.2 Å². The van der Waals surface area contributed by atoms with Crippen LogP contribution in [0.5, 0.6) is 0 Å². The third kappa shape index (κ3) is 6.98. The number of benzene rings is 3. The Kier molecular flexibility index (Phi) is 8.82. The maximum atomic E-state index is 12.3. The van der Waals surface area contributed by atoms with Crippen molar-refractivity contribution in [3.05, 3.63) is 108 Å². The maximum Gasteiger partial charge on any atom is 0.233 e. The molecule has 6 heteroatoms. The van der Waals surface area contributed by atoms with Crippen molar-refractivity contribution in [3.8, 4) is 0 Å². The first kappa shape index (κ1) is 24.1. The largest absolute Gasteiger partial charge is 0.375 e. The molecular formula is C28H32N2O4. The summed E-state index contributed by atoms with van der Waals surface area (Å²) in [5.41, 5.74) is 6.57. The van der Waals surface area contributed by atoms with Gasteiger partial charge in [-0.3, -0.25) is 9.80 Å². The number of nitrogens with zero attached hydrogens (tertiary/aromatic N) is 1. The molecule has 0 saturated carbocycles. The zero-order valence-electron chi connectivity index (χ0n) is 19.5. The summed E-state index contributed by atoms with van der Waals surface area (Å²) in [7, 11) is 0. The van der Waals surface area contributed by atoms with Crippen LogP contribution in [0.25, 0.3) is 0 Å². The van der Waals surface area contributed by atoms with Gasteiger partial charge in [0.15, 0.2) is 0 Å². The normalized spacial score (nSPS) is 20.3. The summed E-state index contributed by atoms with van der Waals surface area (Å²) in [5.74, 6) is -0.0668. The van der Waals surface area contributed by atoms with E-state index in [1.54, 1.807) is 11.9 Å². The van der Waals surface area contributed by atoms with E-state index in [4.69, 9.17) is 14.2 Å². The Morgan fingerprint density at radius 1 is 0.794 bits per heavy atom. The topological polar surface area (TPSA) is 60.0 Å². The van der Waals surface area contributed by atoms with Gasteiger partial charge in [0.05, 0.1) is 39.0 Å². The molecule has 3 aromatic carbocycles. The van der Waals surface area contributed by atoms with Crippen LogP contribution in [0, 0.1) is 0 Å². The number of nitrogens with one attached hydrogen (secondary N) is 1. The van der Waals surface area contributed by atoms with E-state index in [0.717, 1.165) is 16.7 Å². The fourth-order valence-corrected chi connectivity index (χ4v) is 4.01. The highest BCUT2D eigenvalue weighted by Gasteiger charge is 2.39. The van der Waals surface area contributed by atoms with E-state index in [2.05, 4.69) is 5.43 Å². The van der Waals surface area contributed by atoms with E-state index in [1.807, 2.05) is 91.0 Å². The van der Waals surface area contributed by atoms with E-state index >= 15 is 0 Å². The third-order valence-electron chi connectivity index (χ3n) is 5.83. The molecule has 0 radical (unpaired) electrons. The van der Waals surface area contributed by atoms with Crippen molar-refractivity contribution in [2.75, 3.05) is 13.2 Å². The van der Waals surface area contributed by atoms with Crippen LogP contribution in [0.2, 0.25) is 0 Å². The Morgan fingerprint density at radius 2 is 1.29 bits per heavy atom. The standard InChI is InChI=1S/C28H32N2O4/c1-22(31)30-17-27(33-19-24-13-7-3-8-14-24)28(34-20-25-15-9-4-10-16-25)26(29-30)21-32-18-23-11-5-2-6-12-23/h2-16,26-29H,17-21H2,1H3/t26-,27-,28-/m1/s1/i29+1. The number of carbonyl (C=O) groups excluding carboxylic acids is 1. The first-order chi connectivity index (χ1) is 16.7. The molecule has 3 atom stereocenters. The van der Waals surface area contributed by atoms with Gasteiger partial charge in [-0.2, -0.15) is 0 Å². The van der Waals surface area contributed by atoms with Crippen LogP contribution >= 0.6 is 0 Å². The Labute approximate surface area is 201 Å². The highest BCUT2D eigenvalue weighted by molar-refractivity contribution is 5.72. The van der Waals surface area contributed by atoms with Crippen molar-refractivity contribution in [1.29, 1.82) is 0 Å². The maximum absolute atomic E-state index is 12.3. The van der Waals surface area contributed by atoms with Gasteiger partial charge in [0.1, 0.15) is 12.2 Å². The summed E-state index contributed by atoms with van der Waals surface area (Å²) in [6.07, 6.45) is -0.602. The minimum Gasteiger partial charge on any atom is -0.375 e. The average Bonchev–Trinajstić information content (AvgIpc) is 2.88. The number of amides is 1. The predicted molar refractivity (Wildman–Crippen MR) is 130 cm³/mol. The van der Waals surface area contributed by atoms with E-state index < -0.39 is 0 Å². The second-order valence-electron chi connectivity index (χ2n) is 8.46. The van der Waals surface area contributed by atoms with E-state index in [1.165, 1.54) is 0 Å². The summed E-state index contributed by atoms with van der Waals surface area (Å²) >= 11 is 0. The molecule has 1 amide bonds. The molecule has 1 heterocycles. The molecule has 1 aliphatic rings. The molecule has 1 N–H and O–H groups in total. The fraction of sp³-hybridized carbons (Fsp3) is 0.321. The molecule has 1 fully saturated rings. The lowest BCUT2D eigenvalue weighted by molar-refractivity contribution is -0.170. The van der Waals surface area contributed by atoms with Gasteiger partial charge in [-0.05, 0) is 16.7 Å². The molecule has 3 aromatic rings. The van der Waals surface area contributed by atoms with Crippen LogP contribution in [0.4, 0.5) is 0 Å². The second-order valence-corrected chi connectivity index (χ2v) is 8.46. The van der Waals surface area contributed by atoms with Crippen molar-refractivity contribution >= 4 is 5.91 Å². The van der Waals surface area contributed by atoms with E-state index in [0.29, 0.717) is 33.0 Å². The SMILES string of the molecule is CC(=O)N1C[C@@H](OCc2ccccc2)[C@H](OCc2ccccc2)[C@@H](COCc2ccccc2)[15NH]1. The first-order valence-corrected chi connectivity index (χ1v) is 11.7. The van der Waals surface area contributed by atoms with Gasteiger partial charge in [-0.15, -0.1) is 0 Å². The second kappa shape index (κ2) is 12.4. The number of hydrogen-bond acceptors (Lipinski definition) is 5. The predicted octanol–water partition coefficient (Wildman–Crippen LogP) is 4.11. The molecule has 0 aliphatic carbocycles. The Balaban J connectivity index is 1.47. The number of carbonyl (C=O) groups is 1. The van der Waals surface area contributed by atoms with Gasteiger partial charge in [0.25, 0.3) is 0 Å². The molecule has 34 heavy (non-hydrogen) atoms. The number of ether oxygens (including phenoxy) is 3. The van der Waals surface area contributed by atoms with Crippen molar-refractivity contribution in [3.63, 3.8) is 0 Å². The molecular weight excluding hydrogens is 429 g/mol. The summed E-state index contributed by atoms with van der Waals surface area (Å²) < 4.78 is 18.8. The van der Waals surface area contributed by atoms with E-state index in [9.17, 15) is 4.79 Å². The van der Waals surface area contributed by atoms with Crippen LogP contribution in [0.3, 0.4) is 0 Å². The van der Waals surface area contributed by atoms with Gasteiger partial charge in [-0.25, -0.2) is 5.43 Å². The Bertz CT molecular complexity index is 1000. The lowest BCUT2D eigenvalue weighted by Gasteiger charge is -2.43. The summed E-state index contributed by atoms with van der Waals surface area (Å²) in [6, 6.07) is 29.9.